The zero-order chi connectivity index (χ0) is 26.7. The fourth-order valence-electron chi connectivity index (χ4n) is 4.64. The van der Waals surface area contributed by atoms with Gasteiger partial charge in [-0.1, -0.05) is 11.6 Å². The minimum absolute atomic E-state index is 0.0113. The maximum atomic E-state index is 13.6. The van der Waals surface area contributed by atoms with Crippen molar-refractivity contribution in [2.45, 2.75) is 38.4 Å². The number of halogens is 2. The first-order valence-electron chi connectivity index (χ1n) is 12.6. The molecule has 0 radical (unpaired) electrons. The quantitative estimate of drug-likeness (QED) is 0.303. The highest BCUT2D eigenvalue weighted by atomic mass is 35.5. The lowest BCUT2D eigenvalue weighted by Crippen LogP contribution is -2.51. The van der Waals surface area contributed by atoms with Gasteiger partial charge in [0.2, 0.25) is 0 Å². The van der Waals surface area contributed by atoms with Gasteiger partial charge in [0.1, 0.15) is 29.7 Å². The Balaban J connectivity index is 1.35. The van der Waals surface area contributed by atoms with Crippen LogP contribution in [0.5, 0.6) is 11.5 Å². The van der Waals surface area contributed by atoms with Gasteiger partial charge in [-0.2, -0.15) is 0 Å². The Morgan fingerprint density at radius 1 is 1.24 bits per heavy atom. The number of fused-ring (bicyclic) bond motifs is 1. The van der Waals surface area contributed by atoms with Gasteiger partial charge < -0.3 is 24.3 Å². The molecule has 1 atom stereocenters. The molecule has 0 bridgehead atoms. The van der Waals surface area contributed by atoms with Crippen molar-refractivity contribution in [3.63, 3.8) is 0 Å². The van der Waals surface area contributed by atoms with E-state index in [0.717, 1.165) is 6.42 Å². The molecule has 2 aliphatic rings. The number of nitrogens with zero attached hydrogens (tertiary/aromatic N) is 3. The molecule has 0 spiro atoms. The van der Waals surface area contributed by atoms with E-state index in [2.05, 4.69) is 20.2 Å². The van der Waals surface area contributed by atoms with Crippen molar-refractivity contribution in [2.24, 2.45) is 0 Å². The highest BCUT2D eigenvalue weighted by Crippen LogP contribution is 2.36. The molecule has 202 valence electrons. The first-order chi connectivity index (χ1) is 18.3. The molecule has 0 aliphatic carbocycles. The zero-order valence-corrected chi connectivity index (χ0v) is 22.1. The van der Waals surface area contributed by atoms with Gasteiger partial charge in [-0.25, -0.2) is 14.4 Å². The molecule has 1 N–H and O–H groups in total. The van der Waals surface area contributed by atoms with Crippen molar-refractivity contribution < 1.29 is 28.1 Å². The topological polar surface area (TPSA) is 95.0 Å². The van der Waals surface area contributed by atoms with E-state index in [4.69, 9.17) is 30.5 Å². The largest absolute Gasteiger partial charge is 0.490 e. The van der Waals surface area contributed by atoms with E-state index in [1.54, 1.807) is 6.07 Å². The standard InChI is InChI=1S/C27H30ClFN4O5/c1-27(2)15-33(13-25(34)38-27)7-3-8-36-23-11-19-22(12-24(23)37-18-6-9-35-14-18)30-16-31-26(19)32-17-4-5-21(29)20(28)10-17/h4-5,10-12,16,18H,3,6-9,13-15H2,1-2H3,(H,30,31,32). The number of carbonyl (C=O) groups excluding carboxylic acids is 1. The lowest BCUT2D eigenvalue weighted by Gasteiger charge is -2.37. The Labute approximate surface area is 225 Å². The summed E-state index contributed by atoms with van der Waals surface area (Å²) in [6, 6.07) is 8.05. The van der Waals surface area contributed by atoms with E-state index < -0.39 is 11.4 Å². The number of ether oxygens (including phenoxy) is 4. The van der Waals surface area contributed by atoms with Gasteiger partial charge in [-0.05, 0) is 44.5 Å². The van der Waals surface area contributed by atoms with E-state index >= 15 is 0 Å². The summed E-state index contributed by atoms with van der Waals surface area (Å²) in [6.45, 7) is 7.04. The number of rotatable bonds is 9. The molecule has 38 heavy (non-hydrogen) atoms. The van der Waals surface area contributed by atoms with E-state index in [9.17, 15) is 9.18 Å². The monoisotopic (exact) mass is 544 g/mol. The van der Waals surface area contributed by atoms with Gasteiger partial charge in [0.25, 0.3) is 0 Å². The lowest BCUT2D eigenvalue weighted by atomic mass is 10.1. The fourth-order valence-corrected chi connectivity index (χ4v) is 4.82. The van der Waals surface area contributed by atoms with E-state index in [-0.39, 0.29) is 23.6 Å². The van der Waals surface area contributed by atoms with Crippen LogP contribution < -0.4 is 14.8 Å². The number of carbonyl (C=O) groups is 1. The molecule has 1 unspecified atom stereocenters. The maximum Gasteiger partial charge on any atom is 0.320 e. The predicted molar refractivity (Wildman–Crippen MR) is 141 cm³/mol. The highest BCUT2D eigenvalue weighted by molar-refractivity contribution is 6.31. The molecule has 5 rings (SSSR count). The molecule has 3 aromatic rings. The van der Waals surface area contributed by atoms with Crippen molar-refractivity contribution in [2.75, 3.05) is 44.8 Å². The molecule has 2 saturated heterocycles. The van der Waals surface area contributed by atoms with Crippen LogP contribution in [-0.4, -0.2) is 72.0 Å². The molecule has 2 aromatic carbocycles. The molecule has 3 heterocycles. The number of esters is 1. The van der Waals surface area contributed by atoms with Crippen LogP contribution in [0.25, 0.3) is 10.9 Å². The normalized spacial score (nSPS) is 19.4. The highest BCUT2D eigenvalue weighted by Gasteiger charge is 2.32. The molecule has 0 amide bonds. The molecule has 11 heteroatoms. The molecular formula is C27H30ClFN4O5. The van der Waals surface area contributed by atoms with Crippen molar-refractivity contribution >= 4 is 40.0 Å². The molecule has 2 aliphatic heterocycles. The lowest BCUT2D eigenvalue weighted by molar-refractivity contribution is -0.169. The number of hydrogen-bond donors (Lipinski definition) is 1. The second kappa shape index (κ2) is 11.3. The average Bonchev–Trinajstić information content (AvgIpc) is 3.36. The number of anilines is 2. The van der Waals surface area contributed by atoms with Crippen LogP contribution in [-0.2, 0) is 14.3 Å². The second-order valence-corrected chi connectivity index (χ2v) is 10.4. The Hall–Kier alpha value is -3.21. The van der Waals surface area contributed by atoms with Crippen LogP contribution >= 0.6 is 11.6 Å². The Kier molecular flexibility index (Phi) is 7.83. The Bertz CT molecular complexity index is 1320. The van der Waals surface area contributed by atoms with Gasteiger partial charge in [-0.15, -0.1) is 0 Å². The first kappa shape index (κ1) is 26.4. The summed E-state index contributed by atoms with van der Waals surface area (Å²) >= 11 is 5.95. The van der Waals surface area contributed by atoms with Crippen LogP contribution in [0.3, 0.4) is 0 Å². The number of aromatic nitrogens is 2. The number of nitrogens with one attached hydrogen (secondary N) is 1. The third-order valence-corrected chi connectivity index (χ3v) is 6.58. The van der Waals surface area contributed by atoms with Gasteiger partial charge in [0.15, 0.2) is 11.5 Å². The molecule has 1 aromatic heterocycles. The minimum atomic E-state index is -0.503. The van der Waals surface area contributed by atoms with Crippen LogP contribution in [0.4, 0.5) is 15.9 Å². The van der Waals surface area contributed by atoms with Gasteiger partial charge in [0.05, 0.1) is 36.9 Å². The van der Waals surface area contributed by atoms with Gasteiger partial charge in [0, 0.05) is 36.7 Å². The average molecular weight is 545 g/mol. The summed E-state index contributed by atoms with van der Waals surface area (Å²) in [4.78, 5) is 22.8. The third kappa shape index (κ3) is 6.43. The zero-order valence-electron chi connectivity index (χ0n) is 21.3. The van der Waals surface area contributed by atoms with E-state index in [1.807, 2.05) is 26.0 Å². The maximum absolute atomic E-state index is 13.6. The number of hydrogen-bond acceptors (Lipinski definition) is 9. The predicted octanol–water partition coefficient (Wildman–Crippen LogP) is 4.74. The summed E-state index contributed by atoms with van der Waals surface area (Å²) < 4.78 is 36.9. The number of cyclic esters (lactones) is 1. The van der Waals surface area contributed by atoms with Gasteiger partial charge >= 0.3 is 5.97 Å². The summed E-state index contributed by atoms with van der Waals surface area (Å²) in [5.74, 6) is 0.937. The summed E-state index contributed by atoms with van der Waals surface area (Å²) in [5.41, 5.74) is 0.744. The van der Waals surface area contributed by atoms with Crippen LogP contribution in [0.15, 0.2) is 36.7 Å². The summed E-state index contributed by atoms with van der Waals surface area (Å²) in [7, 11) is 0. The second-order valence-electron chi connectivity index (χ2n) is 10.0. The van der Waals surface area contributed by atoms with Gasteiger partial charge in [-0.3, -0.25) is 9.69 Å². The third-order valence-electron chi connectivity index (χ3n) is 6.29. The molecule has 9 nitrogen and oxygen atoms in total. The van der Waals surface area contributed by atoms with Crippen molar-refractivity contribution in [3.05, 3.63) is 47.5 Å². The van der Waals surface area contributed by atoms with Crippen molar-refractivity contribution in [3.8, 4) is 11.5 Å². The Morgan fingerprint density at radius 3 is 2.87 bits per heavy atom. The number of benzene rings is 2. The fraction of sp³-hybridized carbons (Fsp3) is 0.444. The molecule has 2 fully saturated rings. The SMILES string of the molecule is CC1(C)CN(CCCOc2cc3c(Nc4ccc(F)c(Cl)c4)ncnc3cc2OC2CCOC2)CC(=O)O1. The molecule has 0 saturated carbocycles. The van der Waals surface area contributed by atoms with Crippen molar-refractivity contribution in [1.29, 1.82) is 0 Å². The summed E-state index contributed by atoms with van der Waals surface area (Å²) in [6.07, 6.45) is 2.87. The van der Waals surface area contributed by atoms with Crippen LogP contribution in [0.2, 0.25) is 5.02 Å². The first-order valence-corrected chi connectivity index (χ1v) is 13.0. The molecular weight excluding hydrogens is 515 g/mol. The van der Waals surface area contributed by atoms with E-state index in [0.29, 0.717) is 73.2 Å². The van der Waals surface area contributed by atoms with E-state index in [1.165, 1.54) is 18.5 Å². The smallest absolute Gasteiger partial charge is 0.320 e. The minimum Gasteiger partial charge on any atom is -0.490 e. The van der Waals surface area contributed by atoms with Crippen LogP contribution in [0.1, 0.15) is 26.7 Å². The number of morpholine rings is 1. The Morgan fingerprint density at radius 2 is 2.11 bits per heavy atom. The van der Waals surface area contributed by atoms with Crippen molar-refractivity contribution in [1.82, 2.24) is 14.9 Å². The van der Waals surface area contributed by atoms with Crippen LogP contribution in [0, 0.1) is 5.82 Å². The summed E-state index contributed by atoms with van der Waals surface area (Å²) in [5, 5.41) is 3.91.